The topological polar surface area (TPSA) is 98.5 Å². The standard InChI is InChI=1S/C19H26N2O5S/c1-12(19-9-13-5-14(10-19)7-15(6-13)11-19)20-27(24,25)18-4-3-16(26-2)8-17(18)21(22)23/h3-4,8,12-15,20H,5-7,9-11H2,1-2H3. The smallest absolute Gasteiger partial charge is 0.293 e. The van der Waals surface area contributed by atoms with Gasteiger partial charge in [-0.15, -0.1) is 0 Å². The summed E-state index contributed by atoms with van der Waals surface area (Å²) in [5, 5.41) is 11.4. The lowest BCUT2D eigenvalue weighted by molar-refractivity contribution is -0.387. The van der Waals surface area contributed by atoms with Crippen LogP contribution < -0.4 is 9.46 Å². The van der Waals surface area contributed by atoms with Crippen molar-refractivity contribution in [2.24, 2.45) is 23.2 Å². The molecule has 148 valence electrons. The minimum atomic E-state index is -4.00. The molecule has 4 aliphatic carbocycles. The van der Waals surface area contributed by atoms with Gasteiger partial charge in [0, 0.05) is 6.04 Å². The summed E-state index contributed by atoms with van der Waals surface area (Å²) >= 11 is 0. The molecule has 0 saturated heterocycles. The normalized spacial score (nSPS) is 33.0. The number of nitrogens with one attached hydrogen (secondary N) is 1. The molecule has 1 aromatic carbocycles. The first-order valence-electron chi connectivity index (χ1n) is 9.57. The van der Waals surface area contributed by atoms with Gasteiger partial charge in [-0.2, -0.15) is 0 Å². The fourth-order valence-electron chi connectivity index (χ4n) is 6.12. The van der Waals surface area contributed by atoms with Crippen molar-refractivity contribution >= 4 is 15.7 Å². The highest BCUT2D eigenvalue weighted by molar-refractivity contribution is 7.89. The molecule has 4 bridgehead atoms. The molecule has 0 heterocycles. The highest BCUT2D eigenvalue weighted by Crippen LogP contribution is 2.61. The minimum Gasteiger partial charge on any atom is -0.497 e. The van der Waals surface area contributed by atoms with E-state index in [4.69, 9.17) is 4.74 Å². The van der Waals surface area contributed by atoms with Crippen molar-refractivity contribution in [3.05, 3.63) is 28.3 Å². The minimum absolute atomic E-state index is 0.0108. The van der Waals surface area contributed by atoms with Gasteiger partial charge in [-0.3, -0.25) is 10.1 Å². The maximum Gasteiger partial charge on any atom is 0.293 e. The number of rotatable bonds is 6. The summed E-state index contributed by atoms with van der Waals surface area (Å²) < 4.78 is 33.8. The van der Waals surface area contributed by atoms with Crippen LogP contribution in [-0.4, -0.2) is 26.5 Å². The molecule has 1 atom stereocenters. The third-order valence-electron chi connectivity index (χ3n) is 6.99. The molecule has 4 fully saturated rings. The Kier molecular flexibility index (Phi) is 4.46. The Labute approximate surface area is 159 Å². The third-order valence-corrected chi connectivity index (χ3v) is 8.58. The quantitative estimate of drug-likeness (QED) is 0.588. The molecule has 0 spiro atoms. The summed E-state index contributed by atoms with van der Waals surface area (Å²) in [6.45, 7) is 1.93. The monoisotopic (exact) mass is 394 g/mol. The second kappa shape index (κ2) is 6.44. The number of nitrogens with zero attached hydrogens (tertiary/aromatic N) is 1. The summed E-state index contributed by atoms with van der Waals surface area (Å²) in [6, 6.07) is 3.62. The Morgan fingerprint density at radius 1 is 1.19 bits per heavy atom. The van der Waals surface area contributed by atoms with Crippen LogP contribution in [0.3, 0.4) is 0 Å². The first-order valence-corrected chi connectivity index (χ1v) is 11.1. The zero-order chi connectivity index (χ0) is 19.4. The Hall–Kier alpha value is -1.67. The fourth-order valence-corrected chi connectivity index (χ4v) is 7.62. The molecule has 1 N–H and O–H groups in total. The molecule has 1 aromatic rings. The molecule has 0 aliphatic heterocycles. The number of nitro benzene ring substituents is 1. The summed E-state index contributed by atoms with van der Waals surface area (Å²) in [4.78, 5) is 10.4. The van der Waals surface area contributed by atoms with Crippen LogP contribution in [0, 0.1) is 33.3 Å². The lowest BCUT2D eigenvalue weighted by Crippen LogP contribution is -2.55. The van der Waals surface area contributed by atoms with Crippen molar-refractivity contribution in [1.29, 1.82) is 0 Å². The molecular weight excluding hydrogens is 368 g/mol. The lowest BCUT2D eigenvalue weighted by Gasteiger charge is -2.59. The third kappa shape index (κ3) is 3.23. The number of benzene rings is 1. The molecule has 0 amide bonds. The summed E-state index contributed by atoms with van der Waals surface area (Å²) in [6.07, 6.45) is 7.03. The zero-order valence-corrected chi connectivity index (χ0v) is 16.5. The van der Waals surface area contributed by atoms with Gasteiger partial charge in [-0.05, 0) is 80.8 Å². The van der Waals surface area contributed by atoms with Crippen molar-refractivity contribution in [3.63, 3.8) is 0 Å². The van der Waals surface area contributed by atoms with Crippen LogP contribution in [0.5, 0.6) is 5.75 Å². The van der Waals surface area contributed by atoms with Gasteiger partial charge in [0.2, 0.25) is 10.0 Å². The van der Waals surface area contributed by atoms with Crippen molar-refractivity contribution in [3.8, 4) is 5.75 Å². The maximum atomic E-state index is 13.0. The van der Waals surface area contributed by atoms with Crippen LogP contribution in [0.15, 0.2) is 23.1 Å². The number of hydrogen-bond acceptors (Lipinski definition) is 5. The molecule has 4 aliphatic rings. The molecule has 27 heavy (non-hydrogen) atoms. The van der Waals surface area contributed by atoms with Crippen LogP contribution in [0.4, 0.5) is 5.69 Å². The number of nitro groups is 1. The predicted molar refractivity (Wildman–Crippen MR) is 100 cm³/mol. The van der Waals surface area contributed by atoms with Gasteiger partial charge in [0.15, 0.2) is 4.90 Å². The largest absolute Gasteiger partial charge is 0.497 e. The maximum absolute atomic E-state index is 13.0. The average molecular weight is 394 g/mol. The second-order valence-electron chi connectivity index (χ2n) is 8.71. The van der Waals surface area contributed by atoms with Gasteiger partial charge in [0.25, 0.3) is 5.69 Å². The van der Waals surface area contributed by atoms with E-state index in [-0.39, 0.29) is 22.1 Å². The number of hydrogen-bond donors (Lipinski definition) is 1. The van der Waals surface area contributed by atoms with Crippen molar-refractivity contribution in [2.45, 2.75) is 56.4 Å². The van der Waals surface area contributed by atoms with Crippen molar-refractivity contribution in [2.75, 3.05) is 7.11 Å². The van der Waals surface area contributed by atoms with Crippen LogP contribution in [0.25, 0.3) is 0 Å². The lowest BCUT2D eigenvalue weighted by atomic mass is 9.48. The van der Waals surface area contributed by atoms with Gasteiger partial charge < -0.3 is 4.74 Å². The Balaban J connectivity index is 1.61. The first kappa shape index (κ1) is 18.7. The Bertz CT molecular complexity index is 832. The highest BCUT2D eigenvalue weighted by atomic mass is 32.2. The van der Waals surface area contributed by atoms with E-state index in [9.17, 15) is 18.5 Å². The van der Waals surface area contributed by atoms with Crippen LogP contribution in [-0.2, 0) is 10.0 Å². The van der Waals surface area contributed by atoms with Gasteiger partial charge in [0.05, 0.1) is 18.1 Å². The zero-order valence-electron chi connectivity index (χ0n) is 15.7. The van der Waals surface area contributed by atoms with E-state index in [0.29, 0.717) is 17.8 Å². The molecule has 1 unspecified atom stereocenters. The van der Waals surface area contributed by atoms with Gasteiger partial charge in [-0.25, -0.2) is 13.1 Å². The SMILES string of the molecule is COc1ccc(S(=O)(=O)NC(C)C23CC4CC(CC(C4)C2)C3)c([N+](=O)[O-])c1. The molecule has 5 rings (SSSR count). The van der Waals surface area contributed by atoms with E-state index >= 15 is 0 Å². The van der Waals surface area contributed by atoms with Crippen LogP contribution in [0.2, 0.25) is 0 Å². The first-order chi connectivity index (χ1) is 12.7. The second-order valence-corrected chi connectivity index (χ2v) is 10.4. The van der Waals surface area contributed by atoms with Crippen molar-refractivity contribution < 1.29 is 18.1 Å². The number of methoxy groups -OCH3 is 1. The van der Waals surface area contributed by atoms with E-state index in [0.717, 1.165) is 25.3 Å². The summed E-state index contributed by atoms with van der Waals surface area (Å²) in [5.41, 5.74) is -0.470. The van der Waals surface area contributed by atoms with E-state index < -0.39 is 20.6 Å². The molecule has 0 radical (unpaired) electrons. The Morgan fingerprint density at radius 2 is 1.74 bits per heavy atom. The predicted octanol–water partition coefficient (Wildman–Crippen LogP) is 3.49. The summed E-state index contributed by atoms with van der Waals surface area (Å²) in [7, 11) is -2.61. The van der Waals surface area contributed by atoms with E-state index in [2.05, 4.69) is 4.72 Å². The molecule has 0 aromatic heterocycles. The molecule has 8 heteroatoms. The van der Waals surface area contributed by atoms with Gasteiger partial charge >= 0.3 is 0 Å². The average Bonchev–Trinajstić information content (AvgIpc) is 2.59. The summed E-state index contributed by atoms with van der Waals surface area (Å²) in [5.74, 6) is 2.38. The molecule has 7 nitrogen and oxygen atoms in total. The van der Waals surface area contributed by atoms with Crippen LogP contribution >= 0.6 is 0 Å². The van der Waals surface area contributed by atoms with E-state index in [1.54, 1.807) is 0 Å². The number of sulfonamides is 1. The van der Waals surface area contributed by atoms with Gasteiger partial charge in [0.1, 0.15) is 5.75 Å². The van der Waals surface area contributed by atoms with E-state index in [1.807, 2.05) is 6.92 Å². The molecule has 4 saturated carbocycles. The van der Waals surface area contributed by atoms with Crippen LogP contribution in [0.1, 0.15) is 45.4 Å². The fraction of sp³-hybridized carbons (Fsp3) is 0.684. The number of ether oxygens (including phenoxy) is 1. The highest BCUT2D eigenvalue weighted by Gasteiger charge is 2.53. The molecular formula is C19H26N2O5S. The van der Waals surface area contributed by atoms with E-state index in [1.165, 1.54) is 38.5 Å². The Morgan fingerprint density at radius 3 is 2.22 bits per heavy atom. The van der Waals surface area contributed by atoms with Crippen molar-refractivity contribution in [1.82, 2.24) is 4.72 Å². The van der Waals surface area contributed by atoms with Gasteiger partial charge in [-0.1, -0.05) is 0 Å².